The second kappa shape index (κ2) is 2.30. The molecule has 0 radical (unpaired) electrons. The number of hydrogen-bond acceptors (Lipinski definition) is 2. The Morgan fingerprint density at radius 3 is 2.18 bits per heavy atom. The first-order valence-electron chi connectivity index (χ1n) is 3.14. The lowest BCUT2D eigenvalue weighted by molar-refractivity contribution is -0.120. The number of carbonyl (C=O) groups is 2. The standard InChI is InChI=1S/C7H8N2O2/c1-3-4(2)9-7(11)5(3)6(8)10/h1-2H3,(H2,8,10). The van der Waals surface area contributed by atoms with E-state index in [-0.39, 0.29) is 5.57 Å². The van der Waals surface area contributed by atoms with Gasteiger partial charge in [-0.2, -0.15) is 0 Å². The Hall–Kier alpha value is -1.45. The van der Waals surface area contributed by atoms with E-state index in [1.54, 1.807) is 13.8 Å². The van der Waals surface area contributed by atoms with Gasteiger partial charge < -0.3 is 5.73 Å². The molecule has 0 saturated carbocycles. The third kappa shape index (κ3) is 1.07. The molecule has 4 nitrogen and oxygen atoms in total. The molecule has 1 rings (SSSR count). The molecule has 2 N–H and O–H groups in total. The van der Waals surface area contributed by atoms with Crippen molar-refractivity contribution in [3.63, 3.8) is 0 Å². The van der Waals surface area contributed by atoms with Gasteiger partial charge in [-0.05, 0) is 19.4 Å². The van der Waals surface area contributed by atoms with Crippen LogP contribution in [0.5, 0.6) is 0 Å². The molecular formula is C7H8N2O2. The molecule has 1 heterocycles. The van der Waals surface area contributed by atoms with Crippen molar-refractivity contribution in [2.75, 3.05) is 0 Å². The molecule has 58 valence electrons. The van der Waals surface area contributed by atoms with Crippen molar-refractivity contribution in [3.05, 3.63) is 11.1 Å². The zero-order chi connectivity index (χ0) is 8.59. The predicted molar refractivity (Wildman–Crippen MR) is 40.0 cm³/mol. The highest BCUT2D eigenvalue weighted by Gasteiger charge is 2.24. The molecule has 0 aliphatic carbocycles. The molecule has 2 amide bonds. The maximum Gasteiger partial charge on any atom is 0.283 e. The minimum Gasteiger partial charge on any atom is -0.365 e. The van der Waals surface area contributed by atoms with E-state index in [2.05, 4.69) is 4.99 Å². The van der Waals surface area contributed by atoms with Crippen LogP contribution in [-0.4, -0.2) is 17.5 Å². The Morgan fingerprint density at radius 2 is 2.00 bits per heavy atom. The molecule has 0 bridgehead atoms. The number of rotatable bonds is 1. The predicted octanol–water partition coefficient (Wildman–Crippen LogP) is -0.211. The molecule has 0 saturated heterocycles. The Bertz CT molecular complexity index is 300. The summed E-state index contributed by atoms with van der Waals surface area (Å²) in [5.74, 6) is -1.22. The number of hydrogen-bond donors (Lipinski definition) is 1. The van der Waals surface area contributed by atoms with Gasteiger partial charge in [-0.3, -0.25) is 9.59 Å². The highest BCUT2D eigenvalue weighted by molar-refractivity contribution is 6.30. The van der Waals surface area contributed by atoms with E-state index in [0.29, 0.717) is 11.3 Å². The zero-order valence-corrected chi connectivity index (χ0v) is 6.34. The summed E-state index contributed by atoms with van der Waals surface area (Å²) in [5, 5.41) is 0. The average Bonchev–Trinajstić information content (AvgIpc) is 2.07. The number of primary amides is 1. The van der Waals surface area contributed by atoms with Crippen LogP contribution in [0.15, 0.2) is 16.1 Å². The smallest absolute Gasteiger partial charge is 0.283 e. The first-order chi connectivity index (χ1) is 5.04. The lowest BCUT2D eigenvalue weighted by Crippen LogP contribution is -2.18. The highest BCUT2D eigenvalue weighted by Crippen LogP contribution is 2.15. The van der Waals surface area contributed by atoms with Crippen LogP contribution in [0.25, 0.3) is 0 Å². The van der Waals surface area contributed by atoms with Gasteiger partial charge in [-0.15, -0.1) is 0 Å². The number of amides is 2. The van der Waals surface area contributed by atoms with Gasteiger partial charge in [0.1, 0.15) is 5.57 Å². The molecular weight excluding hydrogens is 144 g/mol. The summed E-state index contributed by atoms with van der Waals surface area (Å²) in [6.07, 6.45) is 0. The Labute approximate surface area is 63.8 Å². The van der Waals surface area contributed by atoms with Gasteiger partial charge in [0, 0.05) is 5.71 Å². The summed E-state index contributed by atoms with van der Waals surface area (Å²) in [7, 11) is 0. The van der Waals surface area contributed by atoms with Crippen molar-refractivity contribution in [2.45, 2.75) is 13.8 Å². The number of allylic oxidation sites excluding steroid dienone is 1. The minimum atomic E-state index is -0.701. The van der Waals surface area contributed by atoms with Crippen molar-refractivity contribution in [3.8, 4) is 0 Å². The van der Waals surface area contributed by atoms with Gasteiger partial charge in [0.15, 0.2) is 0 Å². The fourth-order valence-electron chi connectivity index (χ4n) is 0.924. The second-order valence-corrected chi connectivity index (χ2v) is 2.37. The average molecular weight is 152 g/mol. The Balaban J connectivity index is 3.18. The Morgan fingerprint density at radius 1 is 1.45 bits per heavy atom. The van der Waals surface area contributed by atoms with E-state index in [1.165, 1.54) is 0 Å². The van der Waals surface area contributed by atoms with E-state index < -0.39 is 11.8 Å². The molecule has 4 heteroatoms. The van der Waals surface area contributed by atoms with Crippen LogP contribution in [0.3, 0.4) is 0 Å². The third-order valence-corrected chi connectivity index (χ3v) is 1.65. The van der Waals surface area contributed by atoms with Gasteiger partial charge in [0.2, 0.25) is 0 Å². The normalized spacial score (nSPS) is 17.3. The molecule has 1 aliphatic heterocycles. The van der Waals surface area contributed by atoms with E-state index >= 15 is 0 Å². The molecule has 11 heavy (non-hydrogen) atoms. The van der Waals surface area contributed by atoms with Crippen molar-refractivity contribution in [1.82, 2.24) is 0 Å². The molecule has 0 unspecified atom stereocenters. The number of carbonyl (C=O) groups excluding carboxylic acids is 2. The lowest BCUT2D eigenvalue weighted by Gasteiger charge is -1.93. The maximum absolute atomic E-state index is 10.9. The largest absolute Gasteiger partial charge is 0.365 e. The van der Waals surface area contributed by atoms with Crippen molar-refractivity contribution in [1.29, 1.82) is 0 Å². The van der Waals surface area contributed by atoms with Gasteiger partial charge in [-0.25, -0.2) is 4.99 Å². The minimum absolute atomic E-state index is 0.0162. The summed E-state index contributed by atoms with van der Waals surface area (Å²) in [5.41, 5.74) is 6.12. The fraction of sp³-hybridized carbons (Fsp3) is 0.286. The van der Waals surface area contributed by atoms with E-state index in [4.69, 9.17) is 5.73 Å². The van der Waals surface area contributed by atoms with E-state index in [9.17, 15) is 9.59 Å². The van der Waals surface area contributed by atoms with E-state index in [0.717, 1.165) is 0 Å². The van der Waals surface area contributed by atoms with Crippen LogP contribution in [-0.2, 0) is 9.59 Å². The molecule has 0 spiro atoms. The Kier molecular flexibility index (Phi) is 1.60. The summed E-state index contributed by atoms with van der Waals surface area (Å²) >= 11 is 0. The maximum atomic E-state index is 10.9. The molecule has 0 aromatic carbocycles. The van der Waals surface area contributed by atoms with Gasteiger partial charge in [0.05, 0.1) is 0 Å². The van der Waals surface area contributed by atoms with Crippen LogP contribution >= 0.6 is 0 Å². The summed E-state index contributed by atoms with van der Waals surface area (Å²) in [6.45, 7) is 3.33. The van der Waals surface area contributed by atoms with Gasteiger partial charge in [0.25, 0.3) is 11.8 Å². The summed E-state index contributed by atoms with van der Waals surface area (Å²) in [4.78, 5) is 25.1. The van der Waals surface area contributed by atoms with Crippen LogP contribution in [0.4, 0.5) is 0 Å². The van der Waals surface area contributed by atoms with Crippen LogP contribution in [0.2, 0.25) is 0 Å². The van der Waals surface area contributed by atoms with Crippen LogP contribution in [0, 0.1) is 0 Å². The monoisotopic (exact) mass is 152 g/mol. The van der Waals surface area contributed by atoms with Gasteiger partial charge >= 0.3 is 0 Å². The van der Waals surface area contributed by atoms with Crippen LogP contribution < -0.4 is 5.73 Å². The summed E-state index contributed by atoms with van der Waals surface area (Å²) < 4.78 is 0. The zero-order valence-electron chi connectivity index (χ0n) is 6.34. The lowest BCUT2D eigenvalue weighted by atomic mass is 10.1. The van der Waals surface area contributed by atoms with Gasteiger partial charge in [-0.1, -0.05) is 0 Å². The highest BCUT2D eigenvalue weighted by atomic mass is 16.2. The molecule has 0 atom stereocenters. The third-order valence-electron chi connectivity index (χ3n) is 1.65. The van der Waals surface area contributed by atoms with Crippen LogP contribution in [0.1, 0.15) is 13.8 Å². The number of nitrogens with two attached hydrogens (primary N) is 1. The SMILES string of the molecule is CC1=NC(=O)C(C(N)=O)=C1C. The number of aliphatic imine (C=N–C) groups is 1. The van der Waals surface area contributed by atoms with Crippen molar-refractivity contribution in [2.24, 2.45) is 10.7 Å². The number of nitrogens with zero attached hydrogens (tertiary/aromatic N) is 1. The fourth-order valence-corrected chi connectivity index (χ4v) is 0.924. The molecule has 0 aromatic heterocycles. The molecule has 0 aromatic rings. The first-order valence-corrected chi connectivity index (χ1v) is 3.14. The summed E-state index contributed by atoms with van der Waals surface area (Å²) in [6, 6.07) is 0. The molecule has 1 aliphatic rings. The second-order valence-electron chi connectivity index (χ2n) is 2.37. The first kappa shape index (κ1) is 7.65. The quantitative estimate of drug-likeness (QED) is 0.528. The van der Waals surface area contributed by atoms with Crippen molar-refractivity contribution < 1.29 is 9.59 Å². The molecule has 0 fully saturated rings. The topological polar surface area (TPSA) is 72.5 Å². The van der Waals surface area contributed by atoms with Crippen molar-refractivity contribution >= 4 is 17.5 Å². The van der Waals surface area contributed by atoms with E-state index in [1.807, 2.05) is 0 Å².